The van der Waals surface area contributed by atoms with Crippen molar-refractivity contribution >= 4 is 22.7 Å². The second kappa shape index (κ2) is 6.88. The lowest BCUT2D eigenvalue weighted by Gasteiger charge is -2.14. The monoisotopic (exact) mass is 369 g/mol. The Hall–Kier alpha value is -2.14. The highest BCUT2D eigenvalue weighted by Gasteiger charge is 2.23. The molecule has 0 saturated heterocycles. The van der Waals surface area contributed by atoms with Crippen molar-refractivity contribution in [1.29, 1.82) is 0 Å². The van der Waals surface area contributed by atoms with Crippen molar-refractivity contribution in [2.75, 3.05) is 12.4 Å². The lowest BCUT2D eigenvalue weighted by atomic mass is 10.0. The van der Waals surface area contributed by atoms with E-state index in [-0.39, 0.29) is 5.56 Å². The molecule has 0 amide bonds. The molecule has 2 heterocycles. The van der Waals surface area contributed by atoms with E-state index in [9.17, 15) is 4.79 Å². The second-order valence-electron chi connectivity index (χ2n) is 6.90. The number of nitrogens with zero attached hydrogens (tertiary/aromatic N) is 1. The van der Waals surface area contributed by atoms with Gasteiger partial charge in [-0.1, -0.05) is 6.92 Å². The molecule has 2 aromatic heterocycles. The minimum atomic E-state index is -0.114. The summed E-state index contributed by atoms with van der Waals surface area (Å²) in [4.78, 5) is 13.6. The molecule has 0 aliphatic heterocycles. The quantitative estimate of drug-likeness (QED) is 0.573. The van der Waals surface area contributed by atoms with Crippen LogP contribution in [-0.4, -0.2) is 16.9 Å². The number of furan rings is 1. The largest absolute Gasteiger partial charge is 0.493 e. The highest BCUT2D eigenvalue weighted by molar-refractivity contribution is 7.99. The zero-order valence-corrected chi connectivity index (χ0v) is 16.2. The number of pyridine rings is 1. The first-order valence-corrected chi connectivity index (χ1v) is 10.0. The Morgan fingerprint density at radius 3 is 2.81 bits per heavy atom. The summed E-state index contributed by atoms with van der Waals surface area (Å²) >= 11 is 1.80. The summed E-state index contributed by atoms with van der Waals surface area (Å²) in [6.45, 7) is 4.77. The van der Waals surface area contributed by atoms with E-state index in [0.29, 0.717) is 11.5 Å². The van der Waals surface area contributed by atoms with E-state index < -0.39 is 0 Å². The molecule has 26 heavy (non-hydrogen) atoms. The number of ether oxygens (including phenoxy) is 1. The summed E-state index contributed by atoms with van der Waals surface area (Å²) in [5.41, 5.74) is 2.29. The third kappa shape index (κ3) is 3.28. The van der Waals surface area contributed by atoms with E-state index in [0.717, 1.165) is 40.4 Å². The highest BCUT2D eigenvalue weighted by Crippen LogP contribution is 2.39. The van der Waals surface area contributed by atoms with Crippen LogP contribution in [0.5, 0.6) is 5.75 Å². The van der Waals surface area contributed by atoms with Gasteiger partial charge in [-0.05, 0) is 55.7 Å². The van der Waals surface area contributed by atoms with Crippen LogP contribution >= 0.6 is 11.8 Å². The zero-order chi connectivity index (χ0) is 18.3. The van der Waals surface area contributed by atoms with E-state index in [1.54, 1.807) is 23.4 Å². The van der Waals surface area contributed by atoms with Crippen LogP contribution in [0.4, 0.5) is 0 Å². The average Bonchev–Trinajstić information content (AvgIpc) is 3.37. The lowest BCUT2D eigenvalue weighted by Crippen LogP contribution is -2.15. The molecule has 0 radical (unpaired) electrons. The van der Waals surface area contributed by atoms with Gasteiger partial charge in [0.2, 0.25) is 0 Å². The minimum absolute atomic E-state index is 0.114. The number of aryl methyl sites for hydroxylation is 2. The predicted molar refractivity (Wildman–Crippen MR) is 106 cm³/mol. The first kappa shape index (κ1) is 17.3. The molecule has 3 aromatic rings. The molecule has 136 valence electrons. The first-order valence-electron chi connectivity index (χ1n) is 9.06. The summed E-state index contributed by atoms with van der Waals surface area (Å²) in [5, 5.41) is 0.848. The van der Waals surface area contributed by atoms with Gasteiger partial charge in [-0.25, -0.2) is 0 Å². The molecule has 0 atom stereocenters. The first-order chi connectivity index (χ1) is 12.6. The summed E-state index contributed by atoms with van der Waals surface area (Å²) in [6.07, 6.45) is 4.40. The Kier molecular flexibility index (Phi) is 4.57. The molecule has 5 heteroatoms. The number of rotatable bonds is 6. The fourth-order valence-electron chi connectivity index (χ4n) is 3.16. The van der Waals surface area contributed by atoms with E-state index in [1.165, 1.54) is 17.7 Å². The summed E-state index contributed by atoms with van der Waals surface area (Å²) < 4.78 is 13.4. The van der Waals surface area contributed by atoms with Gasteiger partial charge >= 0.3 is 0 Å². The Labute approximate surface area is 157 Å². The van der Waals surface area contributed by atoms with Gasteiger partial charge in [0.15, 0.2) is 5.58 Å². The van der Waals surface area contributed by atoms with Gasteiger partial charge in [-0.15, -0.1) is 11.8 Å². The maximum absolute atomic E-state index is 12.4. The third-order valence-electron chi connectivity index (χ3n) is 4.71. The summed E-state index contributed by atoms with van der Waals surface area (Å²) in [5.74, 6) is 3.30. The number of thioether (sulfide) groups is 1. The van der Waals surface area contributed by atoms with Crippen molar-refractivity contribution in [3.05, 3.63) is 46.6 Å². The van der Waals surface area contributed by atoms with Gasteiger partial charge in [0.05, 0.1) is 6.61 Å². The Morgan fingerprint density at radius 1 is 1.27 bits per heavy atom. The van der Waals surface area contributed by atoms with Crippen LogP contribution in [0.2, 0.25) is 0 Å². The zero-order valence-electron chi connectivity index (χ0n) is 15.4. The Bertz CT molecular complexity index is 1010. The number of hydrogen-bond acceptors (Lipinski definition) is 4. The number of hydrogen-bond donors (Lipinski definition) is 0. The van der Waals surface area contributed by atoms with Crippen molar-refractivity contribution in [3.8, 4) is 16.9 Å². The molecule has 1 saturated carbocycles. The predicted octanol–water partition coefficient (Wildman–Crippen LogP) is 5.01. The van der Waals surface area contributed by atoms with Crippen molar-refractivity contribution in [2.24, 2.45) is 13.0 Å². The van der Waals surface area contributed by atoms with Crippen molar-refractivity contribution < 1.29 is 9.15 Å². The molecule has 1 aliphatic carbocycles. The SMILES string of the molecule is CCSc1ccc(OCC2CC2)c(-c2cn(C)c(=O)c3oc(C)cc23)c1. The van der Waals surface area contributed by atoms with E-state index in [1.807, 2.05) is 19.2 Å². The normalized spacial score (nSPS) is 14.1. The van der Waals surface area contributed by atoms with Crippen molar-refractivity contribution in [2.45, 2.75) is 31.6 Å². The highest BCUT2D eigenvalue weighted by atomic mass is 32.2. The topological polar surface area (TPSA) is 44.4 Å². The van der Waals surface area contributed by atoms with Crippen LogP contribution < -0.4 is 10.3 Å². The second-order valence-corrected chi connectivity index (χ2v) is 8.24. The van der Waals surface area contributed by atoms with Gasteiger partial charge in [0, 0.05) is 34.7 Å². The van der Waals surface area contributed by atoms with E-state index in [2.05, 4.69) is 25.1 Å². The number of benzene rings is 1. The molecule has 4 nitrogen and oxygen atoms in total. The standard InChI is InChI=1S/C21H23NO3S/c1-4-26-15-7-8-19(24-12-14-5-6-14)16(10-15)18-11-22(3)21(23)20-17(18)9-13(2)25-20/h7-11,14H,4-6,12H2,1-3H3. The maximum Gasteiger partial charge on any atom is 0.293 e. The van der Waals surface area contributed by atoms with Crippen LogP contribution in [0.25, 0.3) is 22.1 Å². The number of fused-ring (bicyclic) bond motifs is 1. The van der Waals surface area contributed by atoms with Crippen molar-refractivity contribution in [1.82, 2.24) is 4.57 Å². The van der Waals surface area contributed by atoms with Crippen LogP contribution in [0, 0.1) is 12.8 Å². The van der Waals surface area contributed by atoms with Gasteiger partial charge in [-0.3, -0.25) is 4.79 Å². The summed E-state index contributed by atoms with van der Waals surface area (Å²) in [6, 6.07) is 8.27. The Balaban J connectivity index is 1.89. The minimum Gasteiger partial charge on any atom is -0.493 e. The van der Waals surface area contributed by atoms with E-state index >= 15 is 0 Å². The molecular formula is C21H23NO3S. The molecule has 0 unspecified atom stereocenters. The fraction of sp³-hybridized carbons (Fsp3) is 0.381. The molecule has 0 spiro atoms. The molecule has 1 fully saturated rings. The van der Waals surface area contributed by atoms with Gasteiger partial charge in [0.1, 0.15) is 11.5 Å². The van der Waals surface area contributed by atoms with Crippen LogP contribution in [-0.2, 0) is 7.05 Å². The van der Waals surface area contributed by atoms with Gasteiger partial charge < -0.3 is 13.7 Å². The molecule has 0 N–H and O–H groups in total. The van der Waals surface area contributed by atoms with Crippen LogP contribution in [0.15, 0.2) is 44.6 Å². The molecule has 1 aliphatic rings. The lowest BCUT2D eigenvalue weighted by molar-refractivity contribution is 0.301. The van der Waals surface area contributed by atoms with Gasteiger partial charge in [-0.2, -0.15) is 0 Å². The maximum atomic E-state index is 12.4. The molecule has 0 bridgehead atoms. The third-order valence-corrected chi connectivity index (χ3v) is 5.58. The average molecular weight is 369 g/mol. The molecule has 4 rings (SSSR count). The fourth-order valence-corrected chi connectivity index (χ4v) is 3.86. The smallest absolute Gasteiger partial charge is 0.293 e. The number of aromatic nitrogens is 1. The van der Waals surface area contributed by atoms with Gasteiger partial charge in [0.25, 0.3) is 5.56 Å². The summed E-state index contributed by atoms with van der Waals surface area (Å²) in [7, 11) is 1.76. The van der Waals surface area contributed by atoms with Crippen LogP contribution in [0.3, 0.4) is 0 Å². The molecular weight excluding hydrogens is 346 g/mol. The Morgan fingerprint density at radius 2 is 2.08 bits per heavy atom. The van der Waals surface area contributed by atoms with Crippen molar-refractivity contribution in [3.63, 3.8) is 0 Å². The van der Waals surface area contributed by atoms with E-state index in [4.69, 9.17) is 9.15 Å². The van der Waals surface area contributed by atoms with Crippen LogP contribution in [0.1, 0.15) is 25.5 Å². The molecule has 1 aromatic carbocycles.